The third kappa shape index (κ3) is 2.10. The van der Waals surface area contributed by atoms with Gasteiger partial charge in [0.15, 0.2) is 0 Å². The van der Waals surface area contributed by atoms with Crippen molar-refractivity contribution in [3.8, 4) is 6.07 Å². The molecule has 1 aliphatic carbocycles. The van der Waals surface area contributed by atoms with E-state index in [0.717, 1.165) is 18.5 Å². The fourth-order valence-corrected chi connectivity index (χ4v) is 1.81. The topological polar surface area (TPSA) is 35.8 Å². The number of anilines is 1. The molecule has 1 aromatic carbocycles. The fraction of sp³-hybridized carbons (Fsp3) is 0.417. The number of halogens is 1. The molecular weight excluding hydrogens is 191 g/mol. The zero-order valence-electron chi connectivity index (χ0n) is 8.63. The number of rotatable bonds is 3. The normalized spacial score (nSPS) is 23.3. The first kappa shape index (κ1) is 9.97. The maximum atomic E-state index is 12.9. The average molecular weight is 204 g/mol. The molecule has 0 bridgehead atoms. The Morgan fingerprint density at radius 2 is 2.40 bits per heavy atom. The Labute approximate surface area is 88.7 Å². The van der Waals surface area contributed by atoms with E-state index >= 15 is 0 Å². The molecule has 1 N–H and O–H groups in total. The number of hydrogen-bond donors (Lipinski definition) is 1. The molecule has 0 aliphatic heterocycles. The molecule has 3 heteroatoms. The minimum atomic E-state index is -0.361. The summed E-state index contributed by atoms with van der Waals surface area (Å²) in [6.45, 7) is 2.15. The Kier molecular flexibility index (Phi) is 2.59. The first-order chi connectivity index (χ1) is 7.24. The minimum absolute atomic E-state index is 0.361. The van der Waals surface area contributed by atoms with Crippen LogP contribution in [-0.2, 0) is 0 Å². The molecule has 0 radical (unpaired) electrons. The number of hydrogen-bond acceptors (Lipinski definition) is 2. The maximum absolute atomic E-state index is 12.9. The predicted octanol–water partition coefficient (Wildman–Crippen LogP) is 2.91. The lowest BCUT2D eigenvalue weighted by Gasteiger charge is -2.07. The van der Waals surface area contributed by atoms with Crippen molar-refractivity contribution in [2.75, 3.05) is 5.32 Å². The SMILES string of the molecule is CCC1CC1Nc1ccc(F)cc1C#N. The number of nitrogens with zero attached hydrogens (tertiary/aromatic N) is 1. The monoisotopic (exact) mass is 204 g/mol. The molecule has 2 atom stereocenters. The summed E-state index contributed by atoms with van der Waals surface area (Å²) in [6, 6.07) is 6.75. The molecule has 0 heterocycles. The fourth-order valence-electron chi connectivity index (χ4n) is 1.81. The first-order valence-corrected chi connectivity index (χ1v) is 5.20. The molecule has 78 valence electrons. The van der Waals surface area contributed by atoms with E-state index in [-0.39, 0.29) is 5.82 Å². The predicted molar refractivity (Wildman–Crippen MR) is 56.9 cm³/mol. The van der Waals surface area contributed by atoms with Gasteiger partial charge in [-0.1, -0.05) is 13.3 Å². The van der Waals surface area contributed by atoms with Crippen LogP contribution >= 0.6 is 0 Å². The van der Waals surface area contributed by atoms with E-state index in [1.165, 1.54) is 12.1 Å². The Morgan fingerprint density at radius 1 is 1.60 bits per heavy atom. The van der Waals surface area contributed by atoms with Gasteiger partial charge in [-0.05, 0) is 30.5 Å². The van der Waals surface area contributed by atoms with Gasteiger partial charge in [-0.3, -0.25) is 0 Å². The minimum Gasteiger partial charge on any atom is -0.381 e. The van der Waals surface area contributed by atoms with Gasteiger partial charge >= 0.3 is 0 Å². The van der Waals surface area contributed by atoms with Crippen LogP contribution in [0.25, 0.3) is 0 Å². The highest BCUT2D eigenvalue weighted by Gasteiger charge is 2.35. The van der Waals surface area contributed by atoms with Crippen LogP contribution in [0, 0.1) is 23.1 Å². The van der Waals surface area contributed by atoms with Crippen LogP contribution in [0.2, 0.25) is 0 Å². The summed E-state index contributed by atoms with van der Waals surface area (Å²) in [5, 5.41) is 12.1. The highest BCUT2D eigenvalue weighted by molar-refractivity contribution is 5.58. The van der Waals surface area contributed by atoms with E-state index in [1.807, 2.05) is 6.07 Å². The molecular formula is C12H13FN2. The van der Waals surface area contributed by atoms with Crippen molar-refractivity contribution in [2.45, 2.75) is 25.8 Å². The van der Waals surface area contributed by atoms with E-state index in [4.69, 9.17) is 5.26 Å². The van der Waals surface area contributed by atoms with Crippen LogP contribution in [0.4, 0.5) is 10.1 Å². The standard InChI is InChI=1S/C12H13FN2/c1-2-8-6-12(8)15-11-4-3-10(13)5-9(11)7-14/h3-5,8,12,15H,2,6H2,1H3. The van der Waals surface area contributed by atoms with Crippen molar-refractivity contribution in [1.82, 2.24) is 0 Å². The van der Waals surface area contributed by atoms with Gasteiger partial charge in [0.2, 0.25) is 0 Å². The Balaban J connectivity index is 2.12. The van der Waals surface area contributed by atoms with Gasteiger partial charge in [0.1, 0.15) is 11.9 Å². The molecule has 0 spiro atoms. The van der Waals surface area contributed by atoms with Crippen molar-refractivity contribution in [2.24, 2.45) is 5.92 Å². The van der Waals surface area contributed by atoms with E-state index in [1.54, 1.807) is 6.07 Å². The lowest BCUT2D eigenvalue weighted by molar-refractivity contribution is 0.627. The smallest absolute Gasteiger partial charge is 0.124 e. The molecule has 2 unspecified atom stereocenters. The molecule has 0 amide bonds. The second-order valence-corrected chi connectivity index (χ2v) is 3.96. The molecule has 1 fully saturated rings. The van der Waals surface area contributed by atoms with Gasteiger partial charge in [-0.25, -0.2) is 4.39 Å². The van der Waals surface area contributed by atoms with E-state index in [0.29, 0.717) is 17.5 Å². The van der Waals surface area contributed by atoms with Crippen LogP contribution in [-0.4, -0.2) is 6.04 Å². The lowest BCUT2D eigenvalue weighted by Crippen LogP contribution is -2.05. The van der Waals surface area contributed by atoms with Crippen molar-refractivity contribution in [3.05, 3.63) is 29.6 Å². The molecule has 1 aliphatic rings. The summed E-state index contributed by atoms with van der Waals surface area (Å²) in [7, 11) is 0. The van der Waals surface area contributed by atoms with Gasteiger partial charge < -0.3 is 5.32 Å². The number of nitriles is 1. The van der Waals surface area contributed by atoms with Crippen LogP contribution in [0.15, 0.2) is 18.2 Å². The average Bonchev–Trinajstić information content (AvgIpc) is 2.99. The molecule has 2 nitrogen and oxygen atoms in total. The molecule has 1 aromatic rings. The number of nitrogens with one attached hydrogen (secondary N) is 1. The van der Waals surface area contributed by atoms with E-state index in [2.05, 4.69) is 12.2 Å². The van der Waals surface area contributed by atoms with Gasteiger partial charge in [0, 0.05) is 6.04 Å². The summed E-state index contributed by atoms with van der Waals surface area (Å²) < 4.78 is 12.9. The van der Waals surface area contributed by atoms with Crippen LogP contribution in [0.1, 0.15) is 25.3 Å². The molecule has 0 aromatic heterocycles. The van der Waals surface area contributed by atoms with Crippen LogP contribution in [0.3, 0.4) is 0 Å². The zero-order chi connectivity index (χ0) is 10.8. The Hall–Kier alpha value is -1.56. The highest BCUT2D eigenvalue weighted by Crippen LogP contribution is 2.36. The summed E-state index contributed by atoms with van der Waals surface area (Å²) in [6.07, 6.45) is 2.31. The van der Waals surface area contributed by atoms with Crippen LogP contribution in [0.5, 0.6) is 0 Å². The van der Waals surface area contributed by atoms with Crippen molar-refractivity contribution >= 4 is 5.69 Å². The van der Waals surface area contributed by atoms with Crippen LogP contribution < -0.4 is 5.32 Å². The second-order valence-electron chi connectivity index (χ2n) is 3.96. The Morgan fingerprint density at radius 3 is 3.00 bits per heavy atom. The molecule has 2 rings (SSSR count). The third-order valence-electron chi connectivity index (χ3n) is 2.89. The quantitative estimate of drug-likeness (QED) is 0.821. The zero-order valence-corrected chi connectivity index (χ0v) is 8.63. The molecule has 0 saturated heterocycles. The van der Waals surface area contributed by atoms with Gasteiger partial charge in [0.25, 0.3) is 0 Å². The molecule has 15 heavy (non-hydrogen) atoms. The van der Waals surface area contributed by atoms with Crippen molar-refractivity contribution in [1.29, 1.82) is 5.26 Å². The summed E-state index contributed by atoms with van der Waals surface area (Å²) in [5.41, 5.74) is 1.14. The summed E-state index contributed by atoms with van der Waals surface area (Å²) in [4.78, 5) is 0. The number of benzene rings is 1. The highest BCUT2D eigenvalue weighted by atomic mass is 19.1. The van der Waals surface area contributed by atoms with Gasteiger partial charge in [0.05, 0.1) is 11.3 Å². The van der Waals surface area contributed by atoms with Gasteiger partial charge in [-0.15, -0.1) is 0 Å². The van der Waals surface area contributed by atoms with Crippen molar-refractivity contribution < 1.29 is 4.39 Å². The van der Waals surface area contributed by atoms with Crippen molar-refractivity contribution in [3.63, 3.8) is 0 Å². The Bertz CT molecular complexity index is 409. The largest absolute Gasteiger partial charge is 0.381 e. The van der Waals surface area contributed by atoms with Gasteiger partial charge in [-0.2, -0.15) is 5.26 Å². The summed E-state index contributed by atoms with van der Waals surface area (Å²) in [5.74, 6) is 0.349. The van der Waals surface area contributed by atoms with E-state index in [9.17, 15) is 4.39 Å². The summed E-state index contributed by atoms with van der Waals surface area (Å²) >= 11 is 0. The lowest BCUT2D eigenvalue weighted by atomic mass is 10.2. The third-order valence-corrected chi connectivity index (χ3v) is 2.89. The molecule has 1 saturated carbocycles. The van der Waals surface area contributed by atoms with E-state index < -0.39 is 0 Å². The first-order valence-electron chi connectivity index (χ1n) is 5.20. The second kappa shape index (κ2) is 3.90. The maximum Gasteiger partial charge on any atom is 0.124 e.